The molecule has 0 bridgehead atoms. The largest absolute Gasteiger partial charge is 0.330 e. The van der Waals surface area contributed by atoms with E-state index in [-0.39, 0.29) is 0 Å². The summed E-state index contributed by atoms with van der Waals surface area (Å²) in [4.78, 5) is 0. The number of hydrogen-bond acceptors (Lipinski definition) is 2. The first-order valence-electron chi connectivity index (χ1n) is 4.56. The molecule has 1 aromatic carbocycles. The third-order valence-electron chi connectivity index (χ3n) is 2.39. The van der Waals surface area contributed by atoms with Crippen LogP contribution in [-0.4, -0.2) is 16.7 Å². The SMILES string of the molecule is CC(CN)c1[nH]nc2cc(Cl)ccc12. The molecule has 1 unspecified atom stereocenters. The van der Waals surface area contributed by atoms with Crippen LogP contribution in [0.1, 0.15) is 18.5 Å². The van der Waals surface area contributed by atoms with Gasteiger partial charge in [-0.05, 0) is 18.2 Å². The van der Waals surface area contributed by atoms with E-state index in [1.807, 2.05) is 18.2 Å². The maximum absolute atomic E-state index is 5.86. The zero-order valence-electron chi connectivity index (χ0n) is 7.92. The number of halogens is 1. The van der Waals surface area contributed by atoms with Gasteiger partial charge in [-0.25, -0.2) is 0 Å². The maximum Gasteiger partial charge on any atom is 0.0938 e. The molecule has 0 saturated carbocycles. The van der Waals surface area contributed by atoms with Gasteiger partial charge in [0.05, 0.1) is 5.52 Å². The number of aromatic amines is 1. The Morgan fingerprint density at radius 3 is 3.07 bits per heavy atom. The topological polar surface area (TPSA) is 54.7 Å². The summed E-state index contributed by atoms with van der Waals surface area (Å²) < 4.78 is 0. The standard InChI is InChI=1S/C10H12ClN3/c1-6(5-12)10-8-3-2-7(11)4-9(8)13-14-10/h2-4,6H,5,12H2,1H3,(H,13,14). The molecule has 1 aromatic heterocycles. The molecule has 0 saturated heterocycles. The van der Waals surface area contributed by atoms with Crippen molar-refractivity contribution in [2.45, 2.75) is 12.8 Å². The van der Waals surface area contributed by atoms with Crippen LogP contribution in [0, 0.1) is 0 Å². The van der Waals surface area contributed by atoms with Crippen molar-refractivity contribution < 1.29 is 0 Å². The molecule has 0 spiro atoms. The quantitative estimate of drug-likeness (QED) is 0.798. The molecule has 1 heterocycles. The van der Waals surface area contributed by atoms with E-state index in [9.17, 15) is 0 Å². The predicted molar refractivity (Wildman–Crippen MR) is 58.6 cm³/mol. The predicted octanol–water partition coefficient (Wildman–Crippen LogP) is 2.28. The summed E-state index contributed by atoms with van der Waals surface area (Å²) in [5.41, 5.74) is 7.59. The third-order valence-corrected chi connectivity index (χ3v) is 2.63. The molecule has 3 nitrogen and oxygen atoms in total. The van der Waals surface area contributed by atoms with Gasteiger partial charge in [0.15, 0.2) is 0 Å². The molecule has 74 valence electrons. The molecular formula is C10H12ClN3. The van der Waals surface area contributed by atoms with Gasteiger partial charge in [-0.2, -0.15) is 5.10 Å². The van der Waals surface area contributed by atoms with Crippen LogP contribution in [0.3, 0.4) is 0 Å². The highest BCUT2D eigenvalue weighted by molar-refractivity contribution is 6.31. The van der Waals surface area contributed by atoms with Crippen molar-refractivity contribution in [2.75, 3.05) is 6.54 Å². The second-order valence-corrected chi connectivity index (χ2v) is 3.87. The first-order valence-corrected chi connectivity index (χ1v) is 4.93. The number of nitrogens with one attached hydrogen (secondary N) is 1. The van der Waals surface area contributed by atoms with Crippen LogP contribution in [0.25, 0.3) is 10.9 Å². The number of hydrogen-bond donors (Lipinski definition) is 2. The first-order chi connectivity index (χ1) is 6.72. The Labute approximate surface area is 87.2 Å². The summed E-state index contributed by atoms with van der Waals surface area (Å²) in [6, 6.07) is 5.69. The summed E-state index contributed by atoms with van der Waals surface area (Å²) in [6.45, 7) is 2.68. The zero-order chi connectivity index (χ0) is 10.1. The number of nitrogens with two attached hydrogens (primary N) is 1. The minimum absolute atomic E-state index is 0.293. The Morgan fingerprint density at radius 1 is 1.57 bits per heavy atom. The monoisotopic (exact) mass is 209 g/mol. The Bertz CT molecular complexity index is 450. The van der Waals surface area contributed by atoms with E-state index in [0.29, 0.717) is 17.5 Å². The molecule has 0 aliphatic rings. The molecule has 2 rings (SSSR count). The van der Waals surface area contributed by atoms with Gasteiger partial charge in [-0.1, -0.05) is 18.5 Å². The Hall–Kier alpha value is -1.06. The third kappa shape index (κ3) is 1.49. The van der Waals surface area contributed by atoms with Gasteiger partial charge in [-0.3, -0.25) is 5.10 Å². The second kappa shape index (κ2) is 3.59. The lowest BCUT2D eigenvalue weighted by Gasteiger charge is -2.05. The van der Waals surface area contributed by atoms with Crippen LogP contribution < -0.4 is 5.73 Å². The summed E-state index contributed by atoms with van der Waals surface area (Å²) in [7, 11) is 0. The van der Waals surface area contributed by atoms with Crippen LogP contribution in [0.2, 0.25) is 5.02 Å². The van der Waals surface area contributed by atoms with Gasteiger partial charge in [0.1, 0.15) is 0 Å². The highest BCUT2D eigenvalue weighted by Crippen LogP contribution is 2.24. The van der Waals surface area contributed by atoms with E-state index in [2.05, 4.69) is 17.1 Å². The Balaban J connectivity index is 2.58. The summed E-state index contributed by atoms with van der Waals surface area (Å²) in [5.74, 6) is 0.293. The second-order valence-electron chi connectivity index (χ2n) is 3.44. The van der Waals surface area contributed by atoms with Gasteiger partial charge in [-0.15, -0.1) is 0 Å². The van der Waals surface area contributed by atoms with Gasteiger partial charge in [0.25, 0.3) is 0 Å². The van der Waals surface area contributed by atoms with E-state index >= 15 is 0 Å². The molecule has 0 aliphatic carbocycles. The molecule has 4 heteroatoms. The average molecular weight is 210 g/mol. The Kier molecular flexibility index (Phi) is 2.44. The number of nitrogens with zero attached hydrogens (tertiary/aromatic N) is 1. The molecule has 0 aliphatic heterocycles. The summed E-state index contributed by atoms with van der Waals surface area (Å²) in [6.07, 6.45) is 0. The first kappa shape index (κ1) is 9.49. The van der Waals surface area contributed by atoms with Gasteiger partial charge in [0.2, 0.25) is 0 Å². The van der Waals surface area contributed by atoms with Crippen molar-refractivity contribution >= 4 is 22.5 Å². The Morgan fingerprint density at radius 2 is 2.36 bits per heavy atom. The average Bonchev–Trinajstić information content (AvgIpc) is 2.59. The number of rotatable bonds is 2. The van der Waals surface area contributed by atoms with E-state index < -0.39 is 0 Å². The van der Waals surface area contributed by atoms with Crippen LogP contribution in [-0.2, 0) is 0 Å². The fourth-order valence-corrected chi connectivity index (χ4v) is 1.67. The van der Waals surface area contributed by atoms with Crippen molar-refractivity contribution in [1.82, 2.24) is 10.2 Å². The number of H-pyrrole nitrogens is 1. The zero-order valence-corrected chi connectivity index (χ0v) is 8.67. The van der Waals surface area contributed by atoms with Crippen LogP contribution in [0.4, 0.5) is 0 Å². The lowest BCUT2D eigenvalue weighted by Crippen LogP contribution is -2.09. The molecule has 14 heavy (non-hydrogen) atoms. The molecule has 0 amide bonds. The highest BCUT2D eigenvalue weighted by Gasteiger charge is 2.10. The fourth-order valence-electron chi connectivity index (χ4n) is 1.50. The number of fused-ring (bicyclic) bond motifs is 1. The van der Waals surface area contributed by atoms with Gasteiger partial charge < -0.3 is 5.73 Å². The van der Waals surface area contributed by atoms with Crippen molar-refractivity contribution in [3.05, 3.63) is 28.9 Å². The summed E-state index contributed by atoms with van der Waals surface area (Å²) in [5, 5.41) is 9.00. The lowest BCUT2D eigenvalue weighted by atomic mass is 10.0. The summed E-state index contributed by atoms with van der Waals surface area (Å²) >= 11 is 5.86. The van der Waals surface area contributed by atoms with Gasteiger partial charge >= 0.3 is 0 Å². The molecule has 2 aromatic rings. The minimum Gasteiger partial charge on any atom is -0.330 e. The number of benzene rings is 1. The molecule has 1 atom stereocenters. The van der Waals surface area contributed by atoms with Crippen LogP contribution >= 0.6 is 11.6 Å². The maximum atomic E-state index is 5.86. The van der Waals surface area contributed by atoms with Crippen molar-refractivity contribution in [3.8, 4) is 0 Å². The number of aromatic nitrogens is 2. The molecule has 0 fully saturated rings. The van der Waals surface area contributed by atoms with Crippen LogP contribution in [0.15, 0.2) is 18.2 Å². The normalized spacial score (nSPS) is 13.4. The minimum atomic E-state index is 0.293. The van der Waals surface area contributed by atoms with E-state index in [0.717, 1.165) is 16.6 Å². The van der Waals surface area contributed by atoms with Crippen LogP contribution in [0.5, 0.6) is 0 Å². The van der Waals surface area contributed by atoms with Crippen molar-refractivity contribution in [1.29, 1.82) is 0 Å². The molecule has 3 N–H and O–H groups in total. The van der Waals surface area contributed by atoms with Crippen molar-refractivity contribution in [3.63, 3.8) is 0 Å². The molecule has 0 radical (unpaired) electrons. The fraction of sp³-hybridized carbons (Fsp3) is 0.300. The van der Waals surface area contributed by atoms with E-state index in [4.69, 9.17) is 17.3 Å². The molecular weight excluding hydrogens is 198 g/mol. The lowest BCUT2D eigenvalue weighted by molar-refractivity contribution is 0.744. The highest BCUT2D eigenvalue weighted by atomic mass is 35.5. The van der Waals surface area contributed by atoms with Crippen molar-refractivity contribution in [2.24, 2.45) is 5.73 Å². The van der Waals surface area contributed by atoms with Gasteiger partial charge in [0, 0.05) is 28.6 Å². The smallest absolute Gasteiger partial charge is 0.0938 e. The van der Waals surface area contributed by atoms with E-state index in [1.54, 1.807) is 0 Å². The van der Waals surface area contributed by atoms with E-state index in [1.165, 1.54) is 0 Å².